The van der Waals surface area contributed by atoms with Gasteiger partial charge in [-0.25, -0.2) is 4.79 Å². The molecule has 1 heterocycles. The lowest BCUT2D eigenvalue weighted by Gasteiger charge is -2.28. The SMILES string of the molecule is C=CCOc1ccc(C=C2C(=O)N(C)C(=O)N(C)C2=O)cc1OC. The molecular weight excluding hydrogens is 312 g/mol. The Labute approximate surface area is 139 Å². The van der Waals surface area contributed by atoms with E-state index in [0.717, 1.165) is 9.80 Å². The number of benzene rings is 1. The van der Waals surface area contributed by atoms with Gasteiger partial charge < -0.3 is 9.47 Å². The zero-order valence-electron chi connectivity index (χ0n) is 13.7. The molecule has 126 valence electrons. The fourth-order valence-corrected chi connectivity index (χ4v) is 2.18. The van der Waals surface area contributed by atoms with E-state index in [1.165, 1.54) is 27.3 Å². The molecule has 0 aliphatic carbocycles. The van der Waals surface area contributed by atoms with Crippen LogP contribution in [0.2, 0.25) is 0 Å². The molecule has 0 unspecified atom stereocenters. The lowest BCUT2D eigenvalue weighted by atomic mass is 10.1. The Bertz CT molecular complexity index is 712. The summed E-state index contributed by atoms with van der Waals surface area (Å²) in [7, 11) is 4.15. The average molecular weight is 330 g/mol. The smallest absolute Gasteiger partial charge is 0.333 e. The summed E-state index contributed by atoms with van der Waals surface area (Å²) in [6.07, 6.45) is 3.03. The molecule has 1 saturated heterocycles. The number of imide groups is 2. The topological polar surface area (TPSA) is 76.2 Å². The van der Waals surface area contributed by atoms with E-state index in [-0.39, 0.29) is 5.57 Å². The van der Waals surface area contributed by atoms with Crippen LogP contribution in [0.4, 0.5) is 4.79 Å². The van der Waals surface area contributed by atoms with Gasteiger partial charge in [0.05, 0.1) is 7.11 Å². The van der Waals surface area contributed by atoms with Crippen molar-refractivity contribution in [1.29, 1.82) is 0 Å². The van der Waals surface area contributed by atoms with Gasteiger partial charge in [0.15, 0.2) is 11.5 Å². The van der Waals surface area contributed by atoms with Crippen LogP contribution in [0, 0.1) is 0 Å². The van der Waals surface area contributed by atoms with Crippen LogP contribution >= 0.6 is 0 Å². The van der Waals surface area contributed by atoms with Crippen LogP contribution < -0.4 is 9.47 Å². The summed E-state index contributed by atoms with van der Waals surface area (Å²) in [6, 6.07) is 4.34. The number of likely N-dealkylation sites (N-methyl/N-ethyl adjacent to an activating group) is 2. The number of amides is 4. The van der Waals surface area contributed by atoms with E-state index < -0.39 is 17.8 Å². The quantitative estimate of drug-likeness (QED) is 0.466. The Kier molecular flexibility index (Phi) is 5.03. The Hall–Kier alpha value is -3.09. The van der Waals surface area contributed by atoms with Crippen molar-refractivity contribution in [1.82, 2.24) is 9.80 Å². The molecule has 24 heavy (non-hydrogen) atoms. The first-order valence-electron chi connectivity index (χ1n) is 7.14. The van der Waals surface area contributed by atoms with Gasteiger partial charge in [0, 0.05) is 14.1 Å². The molecule has 1 fully saturated rings. The maximum Gasteiger partial charge on any atom is 0.333 e. The number of hydrogen-bond acceptors (Lipinski definition) is 5. The van der Waals surface area contributed by atoms with Crippen LogP contribution in [-0.2, 0) is 9.59 Å². The number of hydrogen-bond donors (Lipinski definition) is 0. The average Bonchev–Trinajstić information content (AvgIpc) is 2.60. The molecule has 0 spiro atoms. The van der Waals surface area contributed by atoms with Crippen LogP contribution in [0.1, 0.15) is 5.56 Å². The minimum absolute atomic E-state index is 0.0959. The summed E-state index contributed by atoms with van der Waals surface area (Å²) in [5.74, 6) is -0.312. The van der Waals surface area contributed by atoms with Crippen molar-refractivity contribution >= 4 is 23.9 Å². The molecule has 0 aromatic heterocycles. The summed E-state index contributed by atoms with van der Waals surface area (Å²) in [4.78, 5) is 37.9. The van der Waals surface area contributed by atoms with Crippen molar-refractivity contribution in [3.8, 4) is 11.5 Å². The van der Waals surface area contributed by atoms with Gasteiger partial charge in [0.25, 0.3) is 11.8 Å². The van der Waals surface area contributed by atoms with Gasteiger partial charge >= 0.3 is 6.03 Å². The molecule has 1 aromatic carbocycles. The number of barbiturate groups is 1. The second-order valence-corrected chi connectivity index (χ2v) is 5.08. The van der Waals surface area contributed by atoms with Crippen molar-refractivity contribution < 1.29 is 23.9 Å². The lowest BCUT2D eigenvalue weighted by molar-refractivity contribution is -0.134. The second-order valence-electron chi connectivity index (χ2n) is 5.08. The molecule has 0 N–H and O–H groups in total. The van der Waals surface area contributed by atoms with E-state index in [0.29, 0.717) is 23.7 Å². The van der Waals surface area contributed by atoms with E-state index >= 15 is 0 Å². The maximum atomic E-state index is 12.2. The molecular formula is C17H18N2O5. The third-order valence-electron chi connectivity index (χ3n) is 3.50. The van der Waals surface area contributed by atoms with E-state index in [2.05, 4.69) is 6.58 Å². The summed E-state index contributed by atoms with van der Waals surface area (Å²) in [6.45, 7) is 3.90. The van der Waals surface area contributed by atoms with Gasteiger partial charge in [0.2, 0.25) is 0 Å². The highest BCUT2D eigenvalue weighted by Crippen LogP contribution is 2.29. The zero-order valence-corrected chi connectivity index (χ0v) is 13.7. The molecule has 0 saturated carbocycles. The highest BCUT2D eigenvalue weighted by atomic mass is 16.5. The molecule has 1 aliphatic rings. The molecule has 0 atom stereocenters. The van der Waals surface area contributed by atoms with E-state index in [1.54, 1.807) is 24.3 Å². The standard InChI is InChI=1S/C17H18N2O5/c1-5-8-24-13-7-6-11(10-14(13)23-4)9-12-15(20)18(2)17(22)19(3)16(12)21/h5-7,9-10H,1,8H2,2-4H3. The van der Waals surface area contributed by atoms with Gasteiger partial charge in [0.1, 0.15) is 12.2 Å². The fourth-order valence-electron chi connectivity index (χ4n) is 2.18. The minimum atomic E-state index is -0.659. The first-order valence-corrected chi connectivity index (χ1v) is 7.14. The molecule has 0 bridgehead atoms. The second kappa shape index (κ2) is 6.99. The molecule has 7 nitrogen and oxygen atoms in total. The number of methoxy groups -OCH3 is 1. The third kappa shape index (κ3) is 3.15. The Balaban J connectivity index is 2.39. The Morgan fingerprint density at radius 3 is 2.25 bits per heavy atom. The maximum absolute atomic E-state index is 12.2. The van der Waals surface area contributed by atoms with Crippen molar-refractivity contribution in [3.63, 3.8) is 0 Å². The molecule has 0 radical (unpaired) electrons. The van der Waals surface area contributed by atoms with Crippen LogP contribution in [0.5, 0.6) is 11.5 Å². The van der Waals surface area contributed by atoms with E-state index in [4.69, 9.17) is 9.47 Å². The number of urea groups is 1. The predicted octanol–water partition coefficient (Wildman–Crippen LogP) is 1.69. The predicted molar refractivity (Wildman–Crippen MR) is 87.6 cm³/mol. The first-order chi connectivity index (χ1) is 11.4. The van der Waals surface area contributed by atoms with Crippen molar-refractivity contribution in [3.05, 3.63) is 42.0 Å². The summed E-state index contributed by atoms with van der Waals surface area (Å²) in [5, 5.41) is 0. The highest BCUT2D eigenvalue weighted by Gasteiger charge is 2.37. The van der Waals surface area contributed by atoms with Crippen molar-refractivity contribution in [2.75, 3.05) is 27.8 Å². The number of ether oxygens (including phenoxy) is 2. The first kappa shape index (κ1) is 17.3. The number of nitrogens with zero attached hydrogens (tertiary/aromatic N) is 2. The molecule has 2 rings (SSSR count). The third-order valence-corrected chi connectivity index (χ3v) is 3.50. The Morgan fingerprint density at radius 1 is 1.08 bits per heavy atom. The van der Waals surface area contributed by atoms with E-state index in [1.807, 2.05) is 0 Å². The molecule has 1 aliphatic heterocycles. The summed E-state index contributed by atoms with van der Waals surface area (Å²) < 4.78 is 10.7. The van der Waals surface area contributed by atoms with Crippen LogP contribution in [0.15, 0.2) is 36.4 Å². The van der Waals surface area contributed by atoms with Crippen molar-refractivity contribution in [2.45, 2.75) is 0 Å². The van der Waals surface area contributed by atoms with Gasteiger partial charge in [-0.2, -0.15) is 0 Å². The summed E-state index contributed by atoms with van der Waals surface area (Å²) in [5.41, 5.74) is 0.479. The molecule has 4 amide bonds. The fraction of sp³-hybridized carbons (Fsp3) is 0.235. The number of carbonyl (C=O) groups is 3. The van der Waals surface area contributed by atoms with Gasteiger partial charge in [-0.15, -0.1) is 0 Å². The number of rotatable bonds is 5. The van der Waals surface area contributed by atoms with Gasteiger partial charge in [-0.1, -0.05) is 18.7 Å². The van der Waals surface area contributed by atoms with Gasteiger partial charge in [-0.05, 0) is 23.8 Å². The number of carbonyl (C=O) groups excluding carboxylic acids is 3. The van der Waals surface area contributed by atoms with Crippen LogP contribution in [-0.4, -0.2) is 55.5 Å². The van der Waals surface area contributed by atoms with Crippen LogP contribution in [0.3, 0.4) is 0 Å². The minimum Gasteiger partial charge on any atom is -0.493 e. The zero-order chi connectivity index (χ0) is 17.9. The highest BCUT2D eigenvalue weighted by molar-refractivity contribution is 6.30. The monoisotopic (exact) mass is 330 g/mol. The van der Waals surface area contributed by atoms with Crippen molar-refractivity contribution in [2.24, 2.45) is 0 Å². The van der Waals surface area contributed by atoms with Gasteiger partial charge in [-0.3, -0.25) is 19.4 Å². The molecule has 7 heteroatoms. The Morgan fingerprint density at radius 2 is 1.71 bits per heavy atom. The van der Waals surface area contributed by atoms with Crippen LogP contribution in [0.25, 0.3) is 6.08 Å². The largest absolute Gasteiger partial charge is 0.493 e. The normalized spacial score (nSPS) is 14.8. The van der Waals surface area contributed by atoms with E-state index in [9.17, 15) is 14.4 Å². The summed E-state index contributed by atoms with van der Waals surface area (Å²) >= 11 is 0. The lowest BCUT2D eigenvalue weighted by Crippen LogP contribution is -2.52. The molecule has 1 aromatic rings.